The van der Waals surface area contributed by atoms with E-state index in [1.54, 1.807) is 43.5 Å². The Hall–Kier alpha value is -4.45. The quantitative estimate of drug-likeness (QED) is 0.216. The number of hydrogen-bond donors (Lipinski definition) is 4. The summed E-state index contributed by atoms with van der Waals surface area (Å²) < 4.78 is 6.04. The zero-order chi connectivity index (χ0) is 37.3. The summed E-state index contributed by atoms with van der Waals surface area (Å²) in [7, 11) is 7.05. The first kappa shape index (κ1) is 37.3. The Morgan fingerprint density at radius 1 is 1.00 bits per heavy atom. The van der Waals surface area contributed by atoms with Gasteiger partial charge in [-0.1, -0.05) is 57.2 Å². The van der Waals surface area contributed by atoms with Gasteiger partial charge >= 0.3 is 0 Å². The standard InChI is InChI=1S/C41H53N5O6/c1-24-33-19-29(41(33,2)3)20-34(24)44-40(50)36-32(23-47)35(21-43-39(49)25-12-9-8-10-13-25)52-46(36)22-26-14-11-15-31(37(26)51-7)27-16-28(38(48)42-4)18-30(17-27)45(5)6/h8-18,24,29,32-36,47H,19-23H2,1-7H3,(H,42,48)(H,43,49)(H,44,50)/t24-,29+,32+,33+,34-,35-,36-/m0/s1. The van der Waals surface area contributed by atoms with Gasteiger partial charge in [0.15, 0.2) is 0 Å². The van der Waals surface area contributed by atoms with Crippen LogP contribution in [0.5, 0.6) is 5.75 Å². The first-order chi connectivity index (χ1) is 24.9. The maximum atomic E-state index is 14.4. The van der Waals surface area contributed by atoms with Crippen LogP contribution in [-0.4, -0.2) is 87.5 Å². The number of aliphatic hydroxyl groups excluding tert-OH is 1. The van der Waals surface area contributed by atoms with Crippen LogP contribution in [0.25, 0.3) is 11.1 Å². The highest BCUT2D eigenvalue weighted by Crippen LogP contribution is 2.61. The highest BCUT2D eigenvalue weighted by atomic mass is 16.7. The lowest BCUT2D eigenvalue weighted by Gasteiger charge is -2.62. The van der Waals surface area contributed by atoms with E-state index in [0.717, 1.165) is 28.8 Å². The lowest BCUT2D eigenvalue weighted by Crippen LogP contribution is -2.62. The molecule has 3 aromatic rings. The molecule has 2 bridgehead atoms. The van der Waals surface area contributed by atoms with Crippen molar-refractivity contribution in [3.8, 4) is 16.9 Å². The van der Waals surface area contributed by atoms with E-state index in [-0.39, 0.29) is 48.9 Å². The molecule has 11 nitrogen and oxygen atoms in total. The molecule has 0 radical (unpaired) electrons. The van der Waals surface area contributed by atoms with Crippen molar-refractivity contribution in [2.24, 2.45) is 29.1 Å². The molecule has 4 N–H and O–H groups in total. The van der Waals surface area contributed by atoms with E-state index >= 15 is 0 Å². The molecule has 7 atom stereocenters. The van der Waals surface area contributed by atoms with Crippen molar-refractivity contribution >= 4 is 23.4 Å². The van der Waals surface area contributed by atoms with Crippen molar-refractivity contribution < 1.29 is 29.1 Å². The molecule has 0 spiro atoms. The minimum Gasteiger partial charge on any atom is -0.496 e. The van der Waals surface area contributed by atoms with Crippen LogP contribution >= 0.6 is 0 Å². The fourth-order valence-electron chi connectivity index (χ4n) is 8.74. The summed E-state index contributed by atoms with van der Waals surface area (Å²) in [5, 5.41) is 21.5. The van der Waals surface area contributed by atoms with Crippen molar-refractivity contribution in [2.75, 3.05) is 46.3 Å². The van der Waals surface area contributed by atoms with Crippen LogP contribution in [0.3, 0.4) is 0 Å². The molecule has 0 unspecified atom stereocenters. The number of hydroxylamine groups is 2. The molecule has 1 aliphatic heterocycles. The summed E-state index contributed by atoms with van der Waals surface area (Å²) in [6.45, 7) is 6.87. The molecule has 1 saturated heterocycles. The van der Waals surface area contributed by atoms with Gasteiger partial charge in [0.05, 0.1) is 20.3 Å². The summed E-state index contributed by atoms with van der Waals surface area (Å²) in [4.78, 5) is 48.6. The van der Waals surface area contributed by atoms with Gasteiger partial charge in [-0.15, -0.1) is 0 Å². The van der Waals surface area contributed by atoms with Gasteiger partial charge in [-0.25, -0.2) is 0 Å². The smallest absolute Gasteiger partial charge is 0.251 e. The van der Waals surface area contributed by atoms with E-state index in [1.807, 2.05) is 61.5 Å². The molecule has 3 aliphatic carbocycles. The number of fused-ring (bicyclic) bond motifs is 2. The Morgan fingerprint density at radius 2 is 1.75 bits per heavy atom. The number of rotatable bonds is 12. The van der Waals surface area contributed by atoms with Gasteiger partial charge in [-0.2, -0.15) is 5.06 Å². The normalized spacial score (nSPS) is 26.2. The number of para-hydroxylation sites is 1. The average molecular weight is 712 g/mol. The first-order valence-electron chi connectivity index (χ1n) is 18.3. The second-order valence-electron chi connectivity index (χ2n) is 15.4. The number of nitrogens with one attached hydrogen (secondary N) is 3. The minimum absolute atomic E-state index is 0.0265. The molecule has 4 aliphatic rings. The molecular weight excluding hydrogens is 658 g/mol. The molecule has 11 heteroatoms. The molecular formula is C41H53N5O6. The van der Waals surface area contributed by atoms with Gasteiger partial charge in [-0.3, -0.25) is 19.2 Å². The lowest BCUT2D eigenvalue weighted by atomic mass is 9.45. The predicted octanol–water partition coefficient (Wildman–Crippen LogP) is 4.50. The molecule has 4 fully saturated rings. The molecule has 0 aromatic heterocycles. The van der Waals surface area contributed by atoms with Crippen molar-refractivity contribution in [3.05, 3.63) is 83.4 Å². The summed E-state index contributed by atoms with van der Waals surface area (Å²) in [5.41, 5.74) is 4.48. The number of aliphatic hydroxyl groups is 1. The van der Waals surface area contributed by atoms with Crippen LogP contribution in [0.1, 0.15) is 59.9 Å². The number of hydrogen-bond acceptors (Lipinski definition) is 8. The van der Waals surface area contributed by atoms with E-state index in [0.29, 0.717) is 34.6 Å². The molecule has 7 rings (SSSR count). The predicted molar refractivity (Wildman–Crippen MR) is 201 cm³/mol. The van der Waals surface area contributed by atoms with E-state index in [9.17, 15) is 19.5 Å². The summed E-state index contributed by atoms with van der Waals surface area (Å²) in [6, 6.07) is 19.6. The van der Waals surface area contributed by atoms with Crippen LogP contribution in [0, 0.1) is 29.1 Å². The van der Waals surface area contributed by atoms with Gasteiger partial charge in [0.2, 0.25) is 5.91 Å². The molecule has 3 saturated carbocycles. The van der Waals surface area contributed by atoms with Crippen LogP contribution in [0.15, 0.2) is 66.7 Å². The number of carbonyl (C=O) groups excluding carboxylic acids is 3. The zero-order valence-electron chi connectivity index (χ0n) is 31.3. The fourth-order valence-corrected chi connectivity index (χ4v) is 8.74. The minimum atomic E-state index is -0.827. The molecule has 3 amide bonds. The largest absolute Gasteiger partial charge is 0.496 e. The maximum Gasteiger partial charge on any atom is 0.251 e. The third kappa shape index (κ3) is 7.14. The van der Waals surface area contributed by atoms with Crippen LogP contribution in [0.2, 0.25) is 0 Å². The molecule has 278 valence electrons. The van der Waals surface area contributed by atoms with Crippen LogP contribution in [0.4, 0.5) is 5.69 Å². The number of carbonyl (C=O) groups is 3. The second-order valence-corrected chi connectivity index (χ2v) is 15.4. The number of amides is 3. The Labute approximate surface area is 307 Å². The van der Waals surface area contributed by atoms with Crippen molar-refractivity contribution in [2.45, 2.75) is 58.3 Å². The number of ether oxygens (including phenoxy) is 1. The summed E-state index contributed by atoms with van der Waals surface area (Å²) in [6.07, 6.45) is 1.45. The van der Waals surface area contributed by atoms with Crippen LogP contribution < -0.4 is 25.6 Å². The first-order valence-corrected chi connectivity index (χ1v) is 18.3. The van der Waals surface area contributed by atoms with Gasteiger partial charge < -0.3 is 30.7 Å². The molecule has 3 aromatic carbocycles. The van der Waals surface area contributed by atoms with Gasteiger partial charge in [0, 0.05) is 67.6 Å². The maximum absolute atomic E-state index is 14.4. The second kappa shape index (κ2) is 15.3. The van der Waals surface area contributed by atoms with E-state index in [2.05, 4.69) is 36.7 Å². The number of benzene rings is 3. The Kier molecular flexibility index (Phi) is 11.0. The Balaban J connectivity index is 1.31. The van der Waals surface area contributed by atoms with E-state index in [1.165, 1.54) is 6.42 Å². The topological polar surface area (TPSA) is 132 Å². The van der Waals surface area contributed by atoms with Gasteiger partial charge in [-0.05, 0) is 71.9 Å². The lowest BCUT2D eigenvalue weighted by molar-refractivity contribution is -0.176. The van der Waals surface area contributed by atoms with Crippen molar-refractivity contribution in [3.63, 3.8) is 0 Å². The van der Waals surface area contributed by atoms with Crippen LogP contribution in [-0.2, 0) is 16.2 Å². The van der Waals surface area contributed by atoms with Gasteiger partial charge in [0.1, 0.15) is 17.9 Å². The van der Waals surface area contributed by atoms with Crippen molar-refractivity contribution in [1.29, 1.82) is 0 Å². The third-order valence-electron chi connectivity index (χ3n) is 12.0. The number of nitrogens with zero attached hydrogens (tertiary/aromatic N) is 2. The summed E-state index contributed by atoms with van der Waals surface area (Å²) in [5.74, 6) is 0.737. The van der Waals surface area contributed by atoms with Crippen molar-refractivity contribution in [1.82, 2.24) is 21.0 Å². The number of methoxy groups -OCH3 is 1. The highest BCUT2D eigenvalue weighted by molar-refractivity contribution is 5.97. The molecule has 1 heterocycles. The summed E-state index contributed by atoms with van der Waals surface area (Å²) >= 11 is 0. The third-order valence-corrected chi connectivity index (χ3v) is 12.0. The zero-order valence-corrected chi connectivity index (χ0v) is 31.3. The monoisotopic (exact) mass is 711 g/mol. The Bertz CT molecular complexity index is 1780. The fraction of sp³-hybridized carbons (Fsp3) is 0.488. The van der Waals surface area contributed by atoms with Gasteiger partial charge in [0.25, 0.3) is 11.8 Å². The van der Waals surface area contributed by atoms with E-state index in [4.69, 9.17) is 9.57 Å². The highest BCUT2D eigenvalue weighted by Gasteiger charge is 2.57. The number of anilines is 1. The van der Waals surface area contributed by atoms with E-state index < -0.39 is 18.1 Å². The SMILES string of the molecule is CNC(=O)c1cc(-c2cccc(CN3O[C@@H](CNC(=O)c4ccccc4)[C@@H](CO)[C@H]3C(=O)N[C@H]3C[C@H]4C[C@H]([C@@H]3C)C4(C)C)c2OC)cc(N(C)C)c1. The molecule has 52 heavy (non-hydrogen) atoms. The Morgan fingerprint density at radius 3 is 2.38 bits per heavy atom. The average Bonchev–Trinajstić information content (AvgIpc) is 3.50.